The van der Waals surface area contributed by atoms with Crippen LogP contribution in [-0.2, 0) is 9.59 Å². The topological polar surface area (TPSA) is 75.7 Å². The molecule has 0 aliphatic carbocycles. The fraction of sp³-hybridized carbons (Fsp3) is 0.0800. The molecule has 0 saturated carbocycles. The van der Waals surface area contributed by atoms with E-state index in [0.717, 1.165) is 28.2 Å². The third-order valence-corrected chi connectivity index (χ3v) is 5.26. The van der Waals surface area contributed by atoms with Crippen LogP contribution in [-0.4, -0.2) is 17.8 Å². The van der Waals surface area contributed by atoms with Gasteiger partial charge in [-0.05, 0) is 85.6 Å². The summed E-state index contributed by atoms with van der Waals surface area (Å²) in [5.74, 6) is -1.96. The highest BCUT2D eigenvalue weighted by atomic mass is 35.5. The highest BCUT2D eigenvalue weighted by Crippen LogP contribution is 2.30. The maximum Gasteiger partial charge on any atom is 0.343 e. The van der Waals surface area contributed by atoms with Gasteiger partial charge in [0, 0.05) is 5.69 Å². The van der Waals surface area contributed by atoms with Crippen LogP contribution in [0.2, 0.25) is 0 Å². The number of hydrogen-bond acceptors (Lipinski definition) is 5. The average Bonchev–Trinajstić information content (AvgIpc) is 2.97. The Kier molecular flexibility index (Phi) is 5.98. The monoisotopic (exact) mass is 464 g/mol. The lowest BCUT2D eigenvalue weighted by Gasteiger charge is -2.15. The molecule has 33 heavy (non-hydrogen) atoms. The normalized spacial score (nSPS) is 13.5. The van der Waals surface area contributed by atoms with Crippen molar-refractivity contribution in [1.29, 1.82) is 0 Å². The first-order chi connectivity index (χ1) is 15.7. The first-order valence-electron chi connectivity index (χ1n) is 9.94. The second-order valence-electron chi connectivity index (χ2n) is 7.53. The molecule has 3 aromatic rings. The lowest BCUT2D eigenvalue weighted by atomic mass is 10.1. The second kappa shape index (κ2) is 8.88. The van der Waals surface area contributed by atoms with Gasteiger partial charge in [0.15, 0.2) is 0 Å². The van der Waals surface area contributed by atoms with Gasteiger partial charge in [-0.25, -0.2) is 14.1 Å². The number of halogens is 2. The molecule has 1 aliphatic heterocycles. The molecule has 0 bridgehead atoms. The summed E-state index contributed by atoms with van der Waals surface area (Å²) >= 11 is 6.10. The van der Waals surface area contributed by atoms with Gasteiger partial charge >= 0.3 is 5.97 Å². The molecule has 0 radical (unpaired) electrons. The standard InChI is InChI=1S/C25H18ClFN2O4/c1-14-11-15(2)13-20(12-14)33-25(32)16-3-7-18(8-4-16)28-22-21(26)23(30)29(24(22)31)19-9-5-17(27)6-10-19/h3-13,28H,1-2H3. The molecule has 166 valence electrons. The van der Waals surface area contributed by atoms with Gasteiger partial charge < -0.3 is 10.1 Å². The van der Waals surface area contributed by atoms with Crippen molar-refractivity contribution in [3.63, 3.8) is 0 Å². The van der Waals surface area contributed by atoms with Gasteiger partial charge in [-0.1, -0.05) is 17.7 Å². The van der Waals surface area contributed by atoms with E-state index in [0.29, 0.717) is 17.0 Å². The van der Waals surface area contributed by atoms with Crippen LogP contribution < -0.4 is 15.0 Å². The molecule has 6 nitrogen and oxygen atoms in total. The zero-order valence-corrected chi connectivity index (χ0v) is 18.4. The predicted molar refractivity (Wildman–Crippen MR) is 123 cm³/mol. The molecule has 0 spiro atoms. The fourth-order valence-electron chi connectivity index (χ4n) is 3.43. The lowest BCUT2D eigenvalue weighted by Crippen LogP contribution is -2.32. The van der Waals surface area contributed by atoms with Crippen LogP contribution in [0.1, 0.15) is 21.5 Å². The molecule has 0 unspecified atom stereocenters. The first kappa shape index (κ1) is 22.2. The van der Waals surface area contributed by atoms with E-state index < -0.39 is 23.6 Å². The SMILES string of the molecule is Cc1cc(C)cc(OC(=O)c2ccc(NC3=C(Cl)C(=O)N(c4ccc(F)cc4)C3=O)cc2)c1. The largest absolute Gasteiger partial charge is 0.423 e. The maximum atomic E-state index is 13.2. The number of ether oxygens (including phenoxy) is 1. The van der Waals surface area contributed by atoms with Crippen LogP contribution in [0, 0.1) is 19.7 Å². The highest BCUT2D eigenvalue weighted by molar-refractivity contribution is 6.53. The van der Waals surface area contributed by atoms with E-state index in [9.17, 15) is 18.8 Å². The number of aryl methyl sites for hydroxylation is 2. The summed E-state index contributed by atoms with van der Waals surface area (Å²) in [6, 6.07) is 16.6. The van der Waals surface area contributed by atoms with E-state index in [4.69, 9.17) is 16.3 Å². The number of rotatable bonds is 5. The molecule has 0 fully saturated rings. The Morgan fingerprint density at radius 3 is 2.12 bits per heavy atom. The highest BCUT2D eigenvalue weighted by Gasteiger charge is 2.38. The number of esters is 1. The van der Waals surface area contributed by atoms with Crippen LogP contribution in [0.4, 0.5) is 15.8 Å². The molecule has 1 N–H and O–H groups in total. The van der Waals surface area contributed by atoms with Crippen LogP contribution in [0.25, 0.3) is 0 Å². The van der Waals surface area contributed by atoms with E-state index in [1.54, 1.807) is 24.3 Å². The van der Waals surface area contributed by atoms with E-state index >= 15 is 0 Å². The molecule has 1 heterocycles. The van der Waals surface area contributed by atoms with Crippen molar-refractivity contribution in [3.8, 4) is 5.75 Å². The van der Waals surface area contributed by atoms with Crippen molar-refractivity contribution in [2.75, 3.05) is 10.2 Å². The van der Waals surface area contributed by atoms with Gasteiger partial charge in [0.05, 0.1) is 11.3 Å². The Morgan fingerprint density at radius 2 is 1.52 bits per heavy atom. The minimum absolute atomic E-state index is 0.114. The fourth-order valence-corrected chi connectivity index (χ4v) is 3.64. The number of anilines is 2. The number of nitrogens with one attached hydrogen (secondary N) is 1. The Labute approximate surface area is 194 Å². The van der Waals surface area contributed by atoms with E-state index in [2.05, 4.69) is 5.32 Å². The van der Waals surface area contributed by atoms with Crippen molar-refractivity contribution in [2.24, 2.45) is 0 Å². The van der Waals surface area contributed by atoms with Crippen molar-refractivity contribution < 1.29 is 23.5 Å². The summed E-state index contributed by atoms with van der Waals surface area (Å²) in [5, 5.41) is 2.53. The van der Waals surface area contributed by atoms with Crippen molar-refractivity contribution in [2.45, 2.75) is 13.8 Å². The van der Waals surface area contributed by atoms with Crippen LogP contribution in [0.5, 0.6) is 5.75 Å². The predicted octanol–water partition coefficient (Wildman–Crippen LogP) is 5.10. The van der Waals surface area contributed by atoms with Gasteiger partial charge in [-0.2, -0.15) is 0 Å². The minimum Gasteiger partial charge on any atom is -0.423 e. The second-order valence-corrected chi connectivity index (χ2v) is 7.90. The number of benzene rings is 3. The van der Waals surface area contributed by atoms with Gasteiger partial charge in [-0.3, -0.25) is 9.59 Å². The Hall–Kier alpha value is -3.97. The van der Waals surface area contributed by atoms with Crippen molar-refractivity contribution >= 4 is 40.8 Å². The molecular weight excluding hydrogens is 447 g/mol. The summed E-state index contributed by atoms with van der Waals surface area (Å²) in [6.07, 6.45) is 0. The zero-order valence-electron chi connectivity index (χ0n) is 17.7. The number of nitrogens with zero attached hydrogens (tertiary/aromatic N) is 1. The van der Waals surface area contributed by atoms with Gasteiger partial charge in [0.2, 0.25) is 0 Å². The van der Waals surface area contributed by atoms with Gasteiger partial charge in [0.25, 0.3) is 11.8 Å². The third kappa shape index (κ3) is 4.63. The molecular formula is C25H18ClFN2O4. The van der Waals surface area contributed by atoms with Crippen LogP contribution >= 0.6 is 11.6 Å². The smallest absolute Gasteiger partial charge is 0.343 e. The summed E-state index contributed by atoms with van der Waals surface area (Å²) in [4.78, 5) is 38.6. The lowest BCUT2D eigenvalue weighted by molar-refractivity contribution is -0.120. The zero-order chi connectivity index (χ0) is 23.7. The van der Waals surface area contributed by atoms with Crippen molar-refractivity contribution in [1.82, 2.24) is 0 Å². The number of imide groups is 1. The molecule has 0 aromatic heterocycles. The molecule has 0 atom stereocenters. The summed E-state index contributed by atoms with van der Waals surface area (Å²) in [5.41, 5.74) is 2.79. The number of carbonyl (C=O) groups is 3. The van der Waals surface area contributed by atoms with Gasteiger partial charge in [0.1, 0.15) is 22.3 Å². The average molecular weight is 465 g/mol. The maximum absolute atomic E-state index is 13.2. The first-order valence-corrected chi connectivity index (χ1v) is 10.3. The molecule has 0 saturated heterocycles. The third-order valence-electron chi connectivity index (χ3n) is 4.91. The number of amides is 2. The minimum atomic E-state index is -0.718. The van der Waals surface area contributed by atoms with Crippen molar-refractivity contribution in [3.05, 3.63) is 100.0 Å². The number of hydrogen-bond donors (Lipinski definition) is 1. The molecule has 4 rings (SSSR count). The molecule has 3 aromatic carbocycles. The summed E-state index contributed by atoms with van der Waals surface area (Å²) in [6.45, 7) is 3.83. The molecule has 1 aliphatic rings. The Balaban J connectivity index is 1.48. The van der Waals surface area contributed by atoms with Crippen LogP contribution in [0.15, 0.2) is 77.5 Å². The van der Waals surface area contributed by atoms with E-state index in [1.165, 1.54) is 24.3 Å². The summed E-state index contributed by atoms with van der Waals surface area (Å²) < 4.78 is 18.6. The summed E-state index contributed by atoms with van der Waals surface area (Å²) in [7, 11) is 0. The van der Waals surface area contributed by atoms with E-state index in [-0.39, 0.29) is 16.4 Å². The van der Waals surface area contributed by atoms with Gasteiger partial charge in [-0.15, -0.1) is 0 Å². The quantitative estimate of drug-likeness (QED) is 0.323. The van der Waals surface area contributed by atoms with E-state index in [1.807, 2.05) is 19.9 Å². The molecule has 2 amide bonds. The Bertz CT molecular complexity index is 1280. The molecule has 8 heteroatoms. The van der Waals surface area contributed by atoms with Crippen LogP contribution in [0.3, 0.4) is 0 Å². The Morgan fingerprint density at radius 1 is 0.909 bits per heavy atom. The number of carbonyl (C=O) groups excluding carboxylic acids is 3.